The van der Waals surface area contributed by atoms with Crippen molar-refractivity contribution in [3.05, 3.63) is 63.6 Å². The minimum absolute atomic E-state index is 0.0518. The van der Waals surface area contributed by atoms with Gasteiger partial charge in [-0.05, 0) is 12.1 Å². The quantitative estimate of drug-likeness (QED) is 0.866. The van der Waals surface area contributed by atoms with Crippen LogP contribution in [0.5, 0.6) is 5.75 Å². The van der Waals surface area contributed by atoms with Crippen LogP contribution in [0.15, 0.2) is 46.9 Å². The van der Waals surface area contributed by atoms with Crippen LogP contribution in [-0.2, 0) is 4.79 Å². The largest absolute Gasteiger partial charge is 0.491 e. The molecule has 0 spiro atoms. The van der Waals surface area contributed by atoms with E-state index >= 15 is 0 Å². The van der Waals surface area contributed by atoms with Gasteiger partial charge in [-0.1, -0.05) is 46.3 Å². The number of rotatable bonds is 3. The summed E-state index contributed by atoms with van der Waals surface area (Å²) in [5.41, 5.74) is 1.46. The second-order valence-corrected chi connectivity index (χ2v) is 5.68. The number of carbonyl (C=O) groups is 2. The number of aliphatic carboxylic acids is 1. The number of ketones is 1. The molecule has 1 heterocycles. The zero-order valence-corrected chi connectivity index (χ0v) is 12.5. The van der Waals surface area contributed by atoms with Crippen molar-refractivity contribution >= 4 is 27.7 Å². The maximum atomic E-state index is 12.6. The summed E-state index contributed by atoms with van der Waals surface area (Å²) < 4.78 is 6.14. The van der Waals surface area contributed by atoms with Crippen LogP contribution < -0.4 is 4.74 Å². The molecule has 2 aromatic rings. The maximum Gasteiger partial charge on any atom is 0.314 e. The van der Waals surface area contributed by atoms with E-state index in [0.717, 1.165) is 0 Å². The molecule has 106 valence electrons. The van der Waals surface area contributed by atoms with E-state index in [9.17, 15) is 14.7 Å². The second kappa shape index (κ2) is 5.33. The van der Waals surface area contributed by atoms with E-state index in [0.29, 0.717) is 26.9 Å². The number of ether oxygens (including phenoxy) is 1. The zero-order valence-electron chi connectivity index (χ0n) is 10.9. The molecule has 0 fully saturated rings. The van der Waals surface area contributed by atoms with Crippen molar-refractivity contribution in [2.45, 2.75) is 5.92 Å². The summed E-state index contributed by atoms with van der Waals surface area (Å²) >= 11 is 3.33. The molecule has 0 bridgehead atoms. The SMILES string of the molecule is O=C(c1ccccc1)c1cc(Br)cc2c1OC[C@H]2C(=O)O. The minimum Gasteiger partial charge on any atom is -0.491 e. The van der Waals surface area contributed by atoms with Gasteiger partial charge in [0, 0.05) is 15.6 Å². The number of hydrogen-bond acceptors (Lipinski definition) is 3. The Morgan fingerprint density at radius 1 is 1.19 bits per heavy atom. The molecule has 1 aliphatic heterocycles. The van der Waals surface area contributed by atoms with Gasteiger partial charge in [-0.3, -0.25) is 9.59 Å². The predicted octanol–water partition coefficient (Wildman–Crippen LogP) is 3.24. The molecule has 1 N–H and O–H groups in total. The molecule has 21 heavy (non-hydrogen) atoms. The monoisotopic (exact) mass is 346 g/mol. The third-order valence-corrected chi connectivity index (χ3v) is 3.89. The predicted molar refractivity (Wildman–Crippen MR) is 79.9 cm³/mol. The molecule has 0 unspecified atom stereocenters. The van der Waals surface area contributed by atoms with E-state index in [4.69, 9.17) is 4.74 Å². The number of carboxylic acids is 1. The Morgan fingerprint density at radius 3 is 2.57 bits per heavy atom. The van der Waals surface area contributed by atoms with Crippen molar-refractivity contribution in [2.24, 2.45) is 0 Å². The minimum atomic E-state index is -0.954. The van der Waals surface area contributed by atoms with E-state index in [-0.39, 0.29) is 12.4 Å². The van der Waals surface area contributed by atoms with Gasteiger partial charge in [0.15, 0.2) is 5.78 Å². The lowest BCUT2D eigenvalue weighted by Crippen LogP contribution is -2.12. The second-order valence-electron chi connectivity index (χ2n) is 4.77. The standard InChI is InChI=1S/C16H11BrO4/c17-10-6-11-13(16(19)20)8-21-15(11)12(7-10)14(18)9-4-2-1-3-5-9/h1-7,13H,8H2,(H,19,20)/t13-/m1/s1. The fraction of sp³-hybridized carbons (Fsp3) is 0.125. The third-order valence-electron chi connectivity index (χ3n) is 3.43. The Balaban J connectivity index is 2.11. The summed E-state index contributed by atoms with van der Waals surface area (Å²) in [5, 5.41) is 9.22. The van der Waals surface area contributed by atoms with Crippen molar-refractivity contribution in [1.29, 1.82) is 0 Å². The topological polar surface area (TPSA) is 63.6 Å². The number of halogens is 1. The zero-order chi connectivity index (χ0) is 15.0. The molecule has 4 nitrogen and oxygen atoms in total. The third kappa shape index (κ3) is 2.45. The molecule has 0 saturated carbocycles. The summed E-state index contributed by atoms with van der Waals surface area (Å²) in [7, 11) is 0. The van der Waals surface area contributed by atoms with Crippen LogP contribution in [0.25, 0.3) is 0 Å². The summed E-state index contributed by atoms with van der Waals surface area (Å²) in [4.78, 5) is 23.8. The lowest BCUT2D eigenvalue weighted by atomic mass is 9.95. The molecule has 3 rings (SSSR count). The van der Waals surface area contributed by atoms with Crippen LogP contribution in [0.3, 0.4) is 0 Å². The van der Waals surface area contributed by atoms with Gasteiger partial charge in [-0.15, -0.1) is 0 Å². The lowest BCUT2D eigenvalue weighted by Gasteiger charge is -2.09. The van der Waals surface area contributed by atoms with Gasteiger partial charge in [0.25, 0.3) is 0 Å². The van der Waals surface area contributed by atoms with Crippen LogP contribution in [0, 0.1) is 0 Å². The molecule has 2 aromatic carbocycles. The smallest absolute Gasteiger partial charge is 0.314 e. The Labute approximate surface area is 129 Å². The molecule has 0 aliphatic carbocycles. The van der Waals surface area contributed by atoms with Gasteiger partial charge >= 0.3 is 5.97 Å². The van der Waals surface area contributed by atoms with Crippen LogP contribution in [0.1, 0.15) is 27.4 Å². The van der Waals surface area contributed by atoms with Crippen LogP contribution in [-0.4, -0.2) is 23.5 Å². The van der Waals surface area contributed by atoms with Gasteiger partial charge in [0.05, 0.1) is 5.56 Å². The van der Waals surface area contributed by atoms with Crippen molar-refractivity contribution in [2.75, 3.05) is 6.61 Å². The van der Waals surface area contributed by atoms with E-state index < -0.39 is 11.9 Å². The van der Waals surface area contributed by atoms with Gasteiger partial charge in [0.1, 0.15) is 18.3 Å². The van der Waals surface area contributed by atoms with Crippen molar-refractivity contribution in [1.82, 2.24) is 0 Å². The first kappa shape index (κ1) is 13.8. The van der Waals surface area contributed by atoms with Crippen molar-refractivity contribution in [3.8, 4) is 5.75 Å². The number of benzene rings is 2. The van der Waals surface area contributed by atoms with E-state index in [1.165, 1.54) is 0 Å². The highest BCUT2D eigenvalue weighted by molar-refractivity contribution is 9.10. The van der Waals surface area contributed by atoms with Crippen LogP contribution in [0.4, 0.5) is 0 Å². The normalized spacial score (nSPS) is 16.1. The van der Waals surface area contributed by atoms with E-state index in [1.54, 1.807) is 36.4 Å². The molecular formula is C16H11BrO4. The molecule has 5 heteroatoms. The fourth-order valence-corrected chi connectivity index (χ4v) is 2.88. The molecule has 0 radical (unpaired) electrons. The molecular weight excluding hydrogens is 336 g/mol. The summed E-state index contributed by atoms with van der Waals surface area (Å²) in [6.07, 6.45) is 0. The summed E-state index contributed by atoms with van der Waals surface area (Å²) in [6, 6.07) is 12.2. The number of carboxylic acid groups (broad SMARTS) is 1. The number of hydrogen-bond donors (Lipinski definition) is 1. The van der Waals surface area contributed by atoms with E-state index in [2.05, 4.69) is 15.9 Å². The molecule has 0 aromatic heterocycles. The molecule has 0 saturated heterocycles. The maximum absolute atomic E-state index is 12.6. The first-order valence-corrected chi connectivity index (χ1v) is 7.16. The fourth-order valence-electron chi connectivity index (χ4n) is 2.41. The Kier molecular flexibility index (Phi) is 3.51. The first-order valence-electron chi connectivity index (χ1n) is 6.36. The summed E-state index contributed by atoms with van der Waals surface area (Å²) in [6.45, 7) is 0.0518. The van der Waals surface area contributed by atoms with Gasteiger partial charge in [0.2, 0.25) is 0 Å². The summed E-state index contributed by atoms with van der Waals surface area (Å²) in [5.74, 6) is -1.50. The Hall–Kier alpha value is -2.14. The van der Waals surface area contributed by atoms with Gasteiger partial charge in [-0.2, -0.15) is 0 Å². The van der Waals surface area contributed by atoms with Crippen molar-refractivity contribution < 1.29 is 19.4 Å². The highest BCUT2D eigenvalue weighted by Gasteiger charge is 2.34. The van der Waals surface area contributed by atoms with Gasteiger partial charge in [-0.25, -0.2) is 0 Å². The number of carbonyl (C=O) groups excluding carboxylic acids is 1. The molecule has 1 aliphatic rings. The average molecular weight is 347 g/mol. The Bertz CT molecular complexity index is 725. The highest BCUT2D eigenvalue weighted by atomic mass is 79.9. The molecule has 0 amide bonds. The van der Waals surface area contributed by atoms with Crippen LogP contribution in [0.2, 0.25) is 0 Å². The number of fused-ring (bicyclic) bond motifs is 1. The highest BCUT2D eigenvalue weighted by Crippen LogP contribution is 2.40. The van der Waals surface area contributed by atoms with Gasteiger partial charge < -0.3 is 9.84 Å². The first-order chi connectivity index (χ1) is 10.1. The van der Waals surface area contributed by atoms with Crippen molar-refractivity contribution in [3.63, 3.8) is 0 Å². The molecule has 1 atom stereocenters. The Morgan fingerprint density at radius 2 is 1.90 bits per heavy atom. The van der Waals surface area contributed by atoms with Crippen LogP contribution >= 0.6 is 15.9 Å². The average Bonchev–Trinajstić information content (AvgIpc) is 2.90. The lowest BCUT2D eigenvalue weighted by molar-refractivity contribution is -0.138. The van der Waals surface area contributed by atoms with E-state index in [1.807, 2.05) is 6.07 Å².